The van der Waals surface area contributed by atoms with Gasteiger partial charge in [-0.25, -0.2) is 4.98 Å². The summed E-state index contributed by atoms with van der Waals surface area (Å²) in [5, 5.41) is 22.3. The molecule has 3 N–H and O–H groups in total. The van der Waals surface area contributed by atoms with Crippen LogP contribution in [0.3, 0.4) is 0 Å². The van der Waals surface area contributed by atoms with Gasteiger partial charge in [0.15, 0.2) is 5.65 Å². The number of benzene rings is 1. The lowest BCUT2D eigenvalue weighted by Gasteiger charge is -2.51. The zero-order chi connectivity index (χ0) is 21.5. The molecule has 0 bridgehead atoms. The van der Waals surface area contributed by atoms with E-state index >= 15 is 0 Å². The average molecular weight is 408 g/mol. The maximum absolute atomic E-state index is 9.66. The van der Waals surface area contributed by atoms with E-state index in [-0.39, 0.29) is 16.8 Å². The second-order valence-corrected chi connectivity index (χ2v) is 9.40. The van der Waals surface area contributed by atoms with Crippen LogP contribution in [0.1, 0.15) is 52.3 Å². The van der Waals surface area contributed by atoms with Gasteiger partial charge in [0, 0.05) is 47.4 Å². The molecule has 4 rings (SSSR count). The van der Waals surface area contributed by atoms with Gasteiger partial charge in [0.25, 0.3) is 0 Å². The first-order valence-electron chi connectivity index (χ1n) is 10.9. The van der Waals surface area contributed by atoms with Gasteiger partial charge in [0.1, 0.15) is 5.75 Å². The molecule has 0 aliphatic carbocycles. The molecule has 1 atom stereocenters. The van der Waals surface area contributed by atoms with Crippen molar-refractivity contribution in [2.24, 2.45) is 0 Å². The Morgan fingerprint density at radius 2 is 1.87 bits per heavy atom. The van der Waals surface area contributed by atoms with Gasteiger partial charge in [0.2, 0.25) is 0 Å². The summed E-state index contributed by atoms with van der Waals surface area (Å²) in [6.07, 6.45) is 1.98. The number of phenols is 1. The molecule has 0 spiro atoms. The number of nitrogens with zero attached hydrogens (tertiary/aromatic N) is 3. The number of aryl methyl sites for hydroxylation is 1. The third-order valence-electron chi connectivity index (χ3n) is 6.68. The number of nitrogens with one attached hydrogen (secondary N) is 2. The second-order valence-electron chi connectivity index (χ2n) is 9.40. The highest BCUT2D eigenvalue weighted by Crippen LogP contribution is 2.32. The number of hydrogen-bond acceptors (Lipinski definition) is 5. The van der Waals surface area contributed by atoms with Gasteiger partial charge in [-0.3, -0.25) is 10.00 Å². The molecule has 160 valence electrons. The predicted molar refractivity (Wildman–Crippen MR) is 122 cm³/mol. The fourth-order valence-corrected chi connectivity index (χ4v) is 4.27. The van der Waals surface area contributed by atoms with E-state index in [0.717, 1.165) is 60.5 Å². The van der Waals surface area contributed by atoms with Crippen molar-refractivity contribution in [1.82, 2.24) is 25.4 Å². The standard InChI is InChI=1S/C24H33N5O/c1-6-19-21-17(13-29-15-24(5,7-2)25-14-23(29,3)4)12-20(26-22(21)28-27-19)16-8-10-18(30)11-9-16/h8-12,25,30H,6-7,13-15H2,1-5H3,(H,26,27,28). The smallest absolute Gasteiger partial charge is 0.182 e. The number of aromatic nitrogens is 3. The van der Waals surface area contributed by atoms with Crippen LogP contribution < -0.4 is 5.32 Å². The van der Waals surface area contributed by atoms with Crippen LogP contribution in [-0.4, -0.2) is 49.4 Å². The molecule has 6 heteroatoms. The van der Waals surface area contributed by atoms with Crippen molar-refractivity contribution in [3.8, 4) is 17.0 Å². The quantitative estimate of drug-likeness (QED) is 0.590. The Hall–Kier alpha value is -2.44. The monoisotopic (exact) mass is 407 g/mol. The predicted octanol–water partition coefficient (Wildman–Crippen LogP) is 4.25. The highest BCUT2D eigenvalue weighted by atomic mass is 16.3. The van der Waals surface area contributed by atoms with E-state index in [0.29, 0.717) is 0 Å². The maximum atomic E-state index is 9.66. The normalized spacial score (nSPS) is 21.9. The maximum Gasteiger partial charge on any atom is 0.182 e. The largest absolute Gasteiger partial charge is 0.508 e. The number of fused-ring (bicyclic) bond motifs is 1. The van der Waals surface area contributed by atoms with Gasteiger partial charge < -0.3 is 10.4 Å². The Balaban J connectivity index is 1.79. The van der Waals surface area contributed by atoms with E-state index < -0.39 is 0 Å². The minimum Gasteiger partial charge on any atom is -0.508 e. The Labute approximate surface area is 178 Å². The van der Waals surface area contributed by atoms with Gasteiger partial charge in [-0.15, -0.1) is 0 Å². The summed E-state index contributed by atoms with van der Waals surface area (Å²) < 4.78 is 0. The Morgan fingerprint density at radius 3 is 2.53 bits per heavy atom. The Kier molecular flexibility index (Phi) is 5.32. The highest BCUT2D eigenvalue weighted by molar-refractivity contribution is 5.84. The van der Waals surface area contributed by atoms with Crippen LogP contribution in [0.25, 0.3) is 22.3 Å². The van der Waals surface area contributed by atoms with E-state index in [9.17, 15) is 5.11 Å². The van der Waals surface area contributed by atoms with Gasteiger partial charge in [-0.1, -0.05) is 13.8 Å². The summed E-state index contributed by atoms with van der Waals surface area (Å²) in [4.78, 5) is 7.42. The molecular weight excluding hydrogens is 374 g/mol. The minimum atomic E-state index is 0.0546. The van der Waals surface area contributed by atoms with E-state index in [1.54, 1.807) is 12.1 Å². The van der Waals surface area contributed by atoms with Crippen LogP contribution in [-0.2, 0) is 13.0 Å². The van der Waals surface area contributed by atoms with Crippen LogP contribution in [0.5, 0.6) is 5.75 Å². The van der Waals surface area contributed by atoms with Crippen LogP contribution in [0, 0.1) is 0 Å². The Morgan fingerprint density at radius 1 is 1.13 bits per heavy atom. The van der Waals surface area contributed by atoms with Crippen molar-refractivity contribution in [3.05, 3.63) is 41.6 Å². The summed E-state index contributed by atoms with van der Waals surface area (Å²) in [7, 11) is 0. The van der Waals surface area contributed by atoms with E-state index in [4.69, 9.17) is 4.98 Å². The molecule has 6 nitrogen and oxygen atoms in total. The molecule has 1 unspecified atom stereocenters. The average Bonchev–Trinajstić information content (AvgIpc) is 3.15. The van der Waals surface area contributed by atoms with E-state index in [1.165, 1.54) is 5.56 Å². The van der Waals surface area contributed by atoms with Gasteiger partial charge in [-0.05, 0) is 69.5 Å². The summed E-state index contributed by atoms with van der Waals surface area (Å²) in [5.74, 6) is 0.259. The lowest BCUT2D eigenvalue weighted by molar-refractivity contribution is 0.0249. The summed E-state index contributed by atoms with van der Waals surface area (Å²) in [6.45, 7) is 14.1. The molecule has 1 saturated heterocycles. The molecule has 1 aliphatic rings. The molecule has 3 heterocycles. The number of rotatable bonds is 5. The first-order valence-corrected chi connectivity index (χ1v) is 10.9. The molecule has 30 heavy (non-hydrogen) atoms. The van der Waals surface area contributed by atoms with Crippen LogP contribution in [0.2, 0.25) is 0 Å². The van der Waals surface area contributed by atoms with Crippen molar-refractivity contribution < 1.29 is 5.11 Å². The van der Waals surface area contributed by atoms with Gasteiger partial charge in [0.05, 0.1) is 5.69 Å². The lowest BCUT2D eigenvalue weighted by atomic mass is 9.87. The number of hydrogen-bond donors (Lipinski definition) is 3. The van der Waals surface area contributed by atoms with Crippen molar-refractivity contribution in [1.29, 1.82) is 0 Å². The number of aromatic amines is 1. The number of pyridine rings is 1. The van der Waals surface area contributed by atoms with Gasteiger partial charge in [-0.2, -0.15) is 5.10 Å². The Bertz CT molecular complexity index is 1040. The molecular formula is C24H33N5O. The molecule has 2 aromatic heterocycles. The van der Waals surface area contributed by atoms with Crippen LogP contribution in [0.15, 0.2) is 30.3 Å². The zero-order valence-electron chi connectivity index (χ0n) is 18.7. The molecule has 0 radical (unpaired) electrons. The second kappa shape index (κ2) is 7.67. The molecule has 0 saturated carbocycles. The van der Waals surface area contributed by atoms with Crippen LogP contribution >= 0.6 is 0 Å². The molecule has 1 aliphatic heterocycles. The number of aromatic hydroxyl groups is 1. The highest BCUT2D eigenvalue weighted by Gasteiger charge is 2.39. The number of H-pyrrole nitrogens is 1. The minimum absolute atomic E-state index is 0.0546. The summed E-state index contributed by atoms with van der Waals surface area (Å²) in [5.41, 5.74) is 5.19. The van der Waals surface area contributed by atoms with Gasteiger partial charge >= 0.3 is 0 Å². The first-order chi connectivity index (χ1) is 14.2. The number of phenolic OH excluding ortho intramolecular Hbond substituents is 1. The summed E-state index contributed by atoms with van der Waals surface area (Å²) in [6, 6.07) is 9.42. The summed E-state index contributed by atoms with van der Waals surface area (Å²) >= 11 is 0. The van der Waals surface area contributed by atoms with Crippen molar-refractivity contribution in [3.63, 3.8) is 0 Å². The number of piperazine rings is 1. The molecule has 1 fully saturated rings. The molecule has 3 aromatic rings. The van der Waals surface area contributed by atoms with Crippen molar-refractivity contribution in [2.75, 3.05) is 13.1 Å². The first kappa shape index (κ1) is 20.8. The fourth-order valence-electron chi connectivity index (χ4n) is 4.27. The topological polar surface area (TPSA) is 77.1 Å². The third-order valence-corrected chi connectivity index (χ3v) is 6.68. The fraction of sp³-hybridized carbons (Fsp3) is 0.500. The SMILES string of the molecule is CCc1[nH]nc2nc(-c3ccc(O)cc3)cc(CN3CC(C)(CC)NCC3(C)C)c12. The molecule has 0 amide bonds. The lowest BCUT2D eigenvalue weighted by Crippen LogP contribution is -2.66. The zero-order valence-corrected chi connectivity index (χ0v) is 18.7. The van der Waals surface area contributed by atoms with Crippen LogP contribution in [0.4, 0.5) is 0 Å². The van der Waals surface area contributed by atoms with Crippen molar-refractivity contribution in [2.45, 2.75) is 65.1 Å². The van der Waals surface area contributed by atoms with Crippen molar-refractivity contribution >= 4 is 11.0 Å². The molecule has 1 aromatic carbocycles. The van der Waals surface area contributed by atoms with E-state index in [1.807, 2.05) is 12.1 Å². The van der Waals surface area contributed by atoms with E-state index in [2.05, 4.69) is 61.1 Å². The third kappa shape index (κ3) is 3.82.